The molecule has 0 radical (unpaired) electrons. The molecule has 0 amide bonds. The predicted molar refractivity (Wildman–Crippen MR) is 112 cm³/mol. The fraction of sp³-hybridized carbons (Fsp3) is 0.600. The Hall–Kier alpha value is -1.51. The van der Waals surface area contributed by atoms with E-state index in [1.807, 2.05) is 22.1 Å². The number of aromatic nitrogens is 2. The smallest absolute Gasteiger partial charge is 0.227 e. The van der Waals surface area contributed by atoms with Crippen molar-refractivity contribution in [1.82, 2.24) is 14.5 Å². The van der Waals surface area contributed by atoms with Crippen LogP contribution in [0.25, 0.3) is 0 Å². The van der Waals surface area contributed by atoms with Crippen molar-refractivity contribution in [2.45, 2.75) is 57.8 Å². The Morgan fingerprint density at radius 1 is 1.36 bits per heavy atom. The molecule has 28 heavy (non-hydrogen) atoms. The van der Waals surface area contributed by atoms with Gasteiger partial charge in [0.05, 0.1) is 22.5 Å². The predicted octanol–water partition coefficient (Wildman–Crippen LogP) is 3.63. The Kier molecular flexibility index (Phi) is 7.06. The molecule has 0 saturated carbocycles. The molecule has 1 atom stereocenters. The highest BCUT2D eigenvalue weighted by molar-refractivity contribution is 7.91. The number of likely N-dealkylation sites (tertiary alicyclic amines) is 1. The Bertz CT molecular complexity index is 888. The molecule has 3 rings (SSSR count). The molecule has 0 N–H and O–H groups in total. The number of imidazole rings is 1. The largest absolute Gasteiger partial charge is 0.318 e. The summed E-state index contributed by atoms with van der Waals surface area (Å²) in [6.45, 7) is 6.67. The highest BCUT2D eigenvalue weighted by atomic mass is 32.2. The summed E-state index contributed by atoms with van der Waals surface area (Å²) < 4.78 is 26.7. The first kappa shape index (κ1) is 21.2. The van der Waals surface area contributed by atoms with Crippen LogP contribution in [0.5, 0.6) is 0 Å². The van der Waals surface area contributed by atoms with Crippen LogP contribution in [0.3, 0.4) is 0 Å². The van der Waals surface area contributed by atoms with Crippen molar-refractivity contribution >= 4 is 27.0 Å². The van der Waals surface area contributed by atoms with Crippen LogP contribution in [0.4, 0.5) is 0 Å². The van der Waals surface area contributed by atoms with Crippen molar-refractivity contribution in [3.63, 3.8) is 0 Å². The Morgan fingerprint density at radius 2 is 2.18 bits per heavy atom. The molecule has 0 spiro atoms. The lowest BCUT2D eigenvalue weighted by molar-refractivity contribution is 0.0812. The molecule has 3 heterocycles. The van der Waals surface area contributed by atoms with E-state index in [2.05, 4.69) is 16.8 Å². The molecule has 6 nitrogen and oxygen atoms in total. The Balaban J connectivity index is 1.76. The van der Waals surface area contributed by atoms with Crippen LogP contribution in [0, 0.1) is 5.92 Å². The summed E-state index contributed by atoms with van der Waals surface area (Å²) in [5, 5.41) is 2.12. The second-order valence-electron chi connectivity index (χ2n) is 7.36. The van der Waals surface area contributed by atoms with Gasteiger partial charge in [0.1, 0.15) is 0 Å². The lowest BCUT2D eigenvalue weighted by atomic mass is 9.93. The number of unbranched alkanes of at least 4 members (excludes halogenated alkanes) is 1. The number of sulfone groups is 1. The van der Waals surface area contributed by atoms with E-state index in [4.69, 9.17) is 0 Å². The number of carbonyl (C=O) groups is 1. The Morgan fingerprint density at radius 3 is 2.86 bits per heavy atom. The zero-order valence-electron chi connectivity index (χ0n) is 16.6. The van der Waals surface area contributed by atoms with Gasteiger partial charge in [0.15, 0.2) is 5.78 Å². The molecule has 2 aromatic heterocycles. The highest BCUT2D eigenvalue weighted by Crippen LogP contribution is 2.25. The third-order valence-corrected chi connectivity index (χ3v) is 7.85. The summed E-state index contributed by atoms with van der Waals surface area (Å²) >= 11 is 1.50. The van der Waals surface area contributed by atoms with Crippen LogP contribution in [-0.2, 0) is 22.9 Å². The molecule has 0 bridgehead atoms. The van der Waals surface area contributed by atoms with E-state index in [-0.39, 0.29) is 22.6 Å². The summed E-state index contributed by atoms with van der Waals surface area (Å²) in [5.74, 6) is 0.295. The molecule has 8 heteroatoms. The molecule has 1 aliphatic heterocycles. The van der Waals surface area contributed by atoms with Gasteiger partial charge in [0.25, 0.3) is 0 Å². The van der Waals surface area contributed by atoms with Crippen molar-refractivity contribution in [2.24, 2.45) is 5.92 Å². The van der Waals surface area contributed by atoms with Crippen molar-refractivity contribution in [3.05, 3.63) is 34.3 Å². The number of thiophene rings is 1. The first-order chi connectivity index (χ1) is 13.5. The molecule has 1 fully saturated rings. The monoisotopic (exact) mass is 423 g/mol. The van der Waals surface area contributed by atoms with Crippen molar-refractivity contribution in [3.8, 4) is 0 Å². The molecular formula is C20H29N3O3S2. The number of piperidine rings is 1. The average molecular weight is 424 g/mol. The lowest BCUT2D eigenvalue weighted by Gasteiger charge is -2.32. The van der Waals surface area contributed by atoms with E-state index >= 15 is 0 Å². The highest BCUT2D eigenvalue weighted by Gasteiger charge is 2.28. The Labute approximate surface area is 171 Å². The maximum absolute atomic E-state index is 12.7. The maximum Gasteiger partial charge on any atom is 0.227 e. The second kappa shape index (κ2) is 9.33. The van der Waals surface area contributed by atoms with E-state index in [1.54, 1.807) is 13.1 Å². The van der Waals surface area contributed by atoms with E-state index in [9.17, 15) is 13.2 Å². The van der Waals surface area contributed by atoms with E-state index in [0.717, 1.165) is 42.8 Å². The third-order valence-electron chi connectivity index (χ3n) is 5.32. The van der Waals surface area contributed by atoms with Crippen LogP contribution in [0.15, 0.2) is 28.9 Å². The summed E-state index contributed by atoms with van der Waals surface area (Å²) in [5.41, 5.74) is 0.921. The molecular weight excluding hydrogens is 394 g/mol. The fourth-order valence-electron chi connectivity index (χ4n) is 3.71. The van der Waals surface area contributed by atoms with Gasteiger partial charge in [0.2, 0.25) is 15.0 Å². The first-order valence-corrected chi connectivity index (χ1v) is 12.6. The molecule has 1 saturated heterocycles. The number of carbonyl (C=O) groups excluding carboxylic acids is 1. The van der Waals surface area contributed by atoms with Gasteiger partial charge in [-0.2, -0.15) is 0 Å². The zero-order chi connectivity index (χ0) is 20.1. The minimum atomic E-state index is -3.35. The quantitative estimate of drug-likeness (QED) is 0.576. The third kappa shape index (κ3) is 4.72. The molecule has 2 aromatic rings. The van der Waals surface area contributed by atoms with Crippen LogP contribution in [-0.4, -0.2) is 47.5 Å². The second-order valence-corrected chi connectivity index (χ2v) is 10.5. The summed E-state index contributed by atoms with van der Waals surface area (Å²) in [4.78, 5) is 20.1. The average Bonchev–Trinajstić information content (AvgIpc) is 3.36. The molecule has 0 unspecified atom stereocenters. The maximum atomic E-state index is 12.7. The standard InChI is InChI=1S/C20H29N3O3S2/c1-3-5-11-23-17(13-21-20(23)28(25,26)4-2)15-22-10-6-8-16(14-22)19(24)18-9-7-12-27-18/h7,9,12-13,16H,3-6,8,10-11,14-15H2,1-2H3/t16-/m1/s1. The van der Waals surface area contributed by atoms with Crippen LogP contribution in [0.1, 0.15) is 54.9 Å². The van der Waals surface area contributed by atoms with Gasteiger partial charge in [-0.3, -0.25) is 9.69 Å². The SMILES string of the molecule is CCCCn1c(CN2CCC[C@@H](C(=O)c3cccs3)C2)cnc1S(=O)(=O)CC. The number of nitrogens with zero attached hydrogens (tertiary/aromatic N) is 3. The van der Waals surface area contributed by atoms with Crippen LogP contribution < -0.4 is 0 Å². The van der Waals surface area contributed by atoms with Crippen molar-refractivity contribution < 1.29 is 13.2 Å². The number of rotatable bonds is 9. The van der Waals surface area contributed by atoms with Gasteiger partial charge in [-0.25, -0.2) is 13.4 Å². The topological polar surface area (TPSA) is 72.3 Å². The number of hydrogen-bond donors (Lipinski definition) is 0. The fourth-order valence-corrected chi connectivity index (χ4v) is 5.47. The van der Waals surface area contributed by atoms with E-state index in [0.29, 0.717) is 19.6 Å². The molecule has 1 aliphatic rings. The van der Waals surface area contributed by atoms with Crippen LogP contribution >= 0.6 is 11.3 Å². The first-order valence-electron chi connectivity index (χ1n) is 10.0. The summed E-state index contributed by atoms with van der Waals surface area (Å²) in [6.07, 6.45) is 5.49. The number of hydrogen-bond acceptors (Lipinski definition) is 6. The molecule has 0 aliphatic carbocycles. The van der Waals surface area contributed by atoms with Gasteiger partial charge in [-0.15, -0.1) is 11.3 Å². The van der Waals surface area contributed by atoms with Gasteiger partial charge in [0, 0.05) is 25.6 Å². The summed E-state index contributed by atoms with van der Waals surface area (Å²) in [7, 11) is -3.35. The van der Waals surface area contributed by atoms with Crippen molar-refractivity contribution in [1.29, 1.82) is 0 Å². The van der Waals surface area contributed by atoms with Crippen LogP contribution in [0.2, 0.25) is 0 Å². The molecule has 0 aromatic carbocycles. The van der Waals surface area contributed by atoms with Gasteiger partial charge in [-0.1, -0.05) is 26.3 Å². The van der Waals surface area contributed by atoms with Gasteiger partial charge in [-0.05, 0) is 37.3 Å². The number of ketones is 1. The van der Waals surface area contributed by atoms with Gasteiger partial charge >= 0.3 is 0 Å². The zero-order valence-corrected chi connectivity index (χ0v) is 18.3. The molecule has 154 valence electrons. The van der Waals surface area contributed by atoms with E-state index in [1.165, 1.54) is 11.3 Å². The lowest BCUT2D eigenvalue weighted by Crippen LogP contribution is -2.38. The number of Topliss-reactive ketones (excluding diaryl/α,β-unsaturated/α-hetero) is 1. The van der Waals surface area contributed by atoms with E-state index < -0.39 is 9.84 Å². The normalized spacial score (nSPS) is 18.4. The van der Waals surface area contributed by atoms with Gasteiger partial charge < -0.3 is 4.57 Å². The minimum Gasteiger partial charge on any atom is -0.318 e. The summed E-state index contributed by atoms with van der Waals surface area (Å²) in [6, 6.07) is 3.81. The minimum absolute atomic E-state index is 0.0123. The van der Waals surface area contributed by atoms with Crippen molar-refractivity contribution in [2.75, 3.05) is 18.8 Å².